The molecular weight excluding hydrogens is 204 g/mol. The first kappa shape index (κ1) is 10.7. The van der Waals surface area contributed by atoms with Crippen molar-refractivity contribution in [3.63, 3.8) is 0 Å². The number of nitrogens with zero attached hydrogens (tertiary/aromatic N) is 1. The number of benzene rings is 1. The van der Waals surface area contributed by atoms with Crippen molar-refractivity contribution >= 4 is 12.3 Å². The van der Waals surface area contributed by atoms with Crippen LogP contribution in [0.15, 0.2) is 30.3 Å². The van der Waals surface area contributed by atoms with E-state index in [0.717, 1.165) is 19.4 Å². The Hall–Kier alpha value is -1.84. The molecule has 0 spiro atoms. The first-order valence-electron chi connectivity index (χ1n) is 5.35. The van der Waals surface area contributed by atoms with E-state index >= 15 is 0 Å². The minimum absolute atomic E-state index is 0.0710. The standard InChI is InChI=1S/C12H14N2O2/c15-9-14-7-6-11(8-14)13-12(16)10-4-2-1-3-5-10/h1-5,9,11H,6-8H2,(H,13,16). The van der Waals surface area contributed by atoms with Crippen molar-refractivity contribution in [1.82, 2.24) is 10.2 Å². The molecule has 0 saturated carbocycles. The Labute approximate surface area is 94.2 Å². The lowest BCUT2D eigenvalue weighted by molar-refractivity contribution is -0.117. The van der Waals surface area contributed by atoms with Crippen molar-refractivity contribution in [1.29, 1.82) is 0 Å². The van der Waals surface area contributed by atoms with Gasteiger partial charge in [-0.05, 0) is 18.6 Å². The number of amides is 2. The van der Waals surface area contributed by atoms with E-state index in [2.05, 4.69) is 5.32 Å². The fourth-order valence-electron chi connectivity index (χ4n) is 1.86. The summed E-state index contributed by atoms with van der Waals surface area (Å²) < 4.78 is 0. The van der Waals surface area contributed by atoms with Crippen molar-refractivity contribution in [3.8, 4) is 0 Å². The number of rotatable bonds is 3. The molecule has 4 heteroatoms. The maximum Gasteiger partial charge on any atom is 0.251 e. The molecular formula is C12H14N2O2. The van der Waals surface area contributed by atoms with Crippen molar-refractivity contribution in [3.05, 3.63) is 35.9 Å². The average molecular weight is 218 g/mol. The van der Waals surface area contributed by atoms with Crippen molar-refractivity contribution in [2.75, 3.05) is 13.1 Å². The van der Waals surface area contributed by atoms with Crippen molar-refractivity contribution in [2.24, 2.45) is 0 Å². The fourth-order valence-corrected chi connectivity index (χ4v) is 1.86. The van der Waals surface area contributed by atoms with Crippen LogP contribution in [0.2, 0.25) is 0 Å². The molecule has 0 bridgehead atoms. The van der Waals surface area contributed by atoms with E-state index in [1.165, 1.54) is 0 Å². The molecule has 1 heterocycles. The summed E-state index contributed by atoms with van der Waals surface area (Å²) in [5.41, 5.74) is 0.659. The maximum atomic E-state index is 11.8. The van der Waals surface area contributed by atoms with Crippen LogP contribution in [0.25, 0.3) is 0 Å². The van der Waals surface area contributed by atoms with Crippen LogP contribution in [-0.2, 0) is 4.79 Å². The van der Waals surface area contributed by atoms with Gasteiger partial charge >= 0.3 is 0 Å². The highest BCUT2D eigenvalue weighted by Crippen LogP contribution is 2.08. The van der Waals surface area contributed by atoms with Gasteiger partial charge in [-0.1, -0.05) is 18.2 Å². The van der Waals surface area contributed by atoms with Gasteiger partial charge in [0.1, 0.15) is 0 Å². The molecule has 0 aromatic heterocycles. The lowest BCUT2D eigenvalue weighted by atomic mass is 10.2. The van der Waals surface area contributed by atoms with Crippen molar-refractivity contribution < 1.29 is 9.59 Å². The monoisotopic (exact) mass is 218 g/mol. The zero-order valence-corrected chi connectivity index (χ0v) is 8.93. The lowest BCUT2D eigenvalue weighted by Gasteiger charge is -2.12. The summed E-state index contributed by atoms with van der Waals surface area (Å²) in [6.45, 7) is 1.34. The molecule has 1 atom stereocenters. The summed E-state index contributed by atoms with van der Waals surface area (Å²) in [7, 11) is 0. The van der Waals surface area contributed by atoms with E-state index in [9.17, 15) is 9.59 Å². The predicted molar refractivity (Wildman–Crippen MR) is 60.0 cm³/mol. The summed E-state index contributed by atoms with van der Waals surface area (Å²) in [6, 6.07) is 9.19. The molecule has 1 fully saturated rings. The first-order valence-corrected chi connectivity index (χ1v) is 5.35. The van der Waals surface area contributed by atoms with Gasteiger partial charge in [-0.2, -0.15) is 0 Å². The van der Waals surface area contributed by atoms with Crippen LogP contribution in [0.5, 0.6) is 0 Å². The normalized spacial score (nSPS) is 19.5. The summed E-state index contributed by atoms with van der Waals surface area (Å²) in [6.07, 6.45) is 1.66. The highest BCUT2D eigenvalue weighted by molar-refractivity contribution is 5.94. The second kappa shape index (κ2) is 4.79. The van der Waals surface area contributed by atoms with Crippen LogP contribution >= 0.6 is 0 Å². The molecule has 84 valence electrons. The molecule has 1 unspecified atom stereocenters. The molecule has 1 saturated heterocycles. The van der Waals surface area contributed by atoms with Crippen LogP contribution in [0, 0.1) is 0 Å². The Morgan fingerprint density at radius 3 is 2.75 bits per heavy atom. The molecule has 4 nitrogen and oxygen atoms in total. The van der Waals surface area contributed by atoms with Gasteiger partial charge in [0.05, 0.1) is 0 Å². The Morgan fingerprint density at radius 1 is 1.38 bits per heavy atom. The van der Waals surface area contributed by atoms with Crippen LogP contribution in [0.1, 0.15) is 16.8 Å². The van der Waals surface area contributed by atoms with Crippen molar-refractivity contribution in [2.45, 2.75) is 12.5 Å². The van der Waals surface area contributed by atoms with E-state index in [1.807, 2.05) is 18.2 Å². The lowest BCUT2D eigenvalue weighted by Crippen LogP contribution is -2.36. The third kappa shape index (κ3) is 2.39. The molecule has 2 amide bonds. The van der Waals surface area contributed by atoms with E-state index in [0.29, 0.717) is 12.1 Å². The number of carbonyl (C=O) groups is 2. The van der Waals surface area contributed by atoms with Crippen LogP contribution in [-0.4, -0.2) is 36.3 Å². The van der Waals surface area contributed by atoms with Crippen LogP contribution in [0.4, 0.5) is 0 Å². The predicted octanol–water partition coefficient (Wildman–Crippen LogP) is 0.647. The van der Waals surface area contributed by atoms with E-state index in [4.69, 9.17) is 0 Å². The van der Waals surface area contributed by atoms with Gasteiger partial charge in [-0.3, -0.25) is 9.59 Å². The minimum Gasteiger partial charge on any atom is -0.347 e. The molecule has 0 radical (unpaired) electrons. The maximum absolute atomic E-state index is 11.8. The number of carbonyl (C=O) groups excluding carboxylic acids is 2. The van der Waals surface area contributed by atoms with Gasteiger partial charge in [-0.15, -0.1) is 0 Å². The Morgan fingerprint density at radius 2 is 2.12 bits per heavy atom. The van der Waals surface area contributed by atoms with Crippen LogP contribution in [0.3, 0.4) is 0 Å². The number of hydrogen-bond donors (Lipinski definition) is 1. The summed E-state index contributed by atoms with van der Waals surface area (Å²) in [5.74, 6) is -0.0710. The molecule has 1 aliphatic rings. The molecule has 1 aromatic rings. The number of likely N-dealkylation sites (tertiary alicyclic amines) is 1. The van der Waals surface area contributed by atoms with E-state index < -0.39 is 0 Å². The molecule has 16 heavy (non-hydrogen) atoms. The fraction of sp³-hybridized carbons (Fsp3) is 0.333. The molecule has 0 aliphatic carbocycles. The third-order valence-electron chi connectivity index (χ3n) is 2.74. The number of nitrogens with one attached hydrogen (secondary N) is 1. The van der Waals surface area contributed by atoms with Gasteiger partial charge in [-0.25, -0.2) is 0 Å². The average Bonchev–Trinajstić information content (AvgIpc) is 2.78. The Bertz CT molecular complexity index is 378. The molecule has 1 N–H and O–H groups in total. The van der Waals surface area contributed by atoms with E-state index in [-0.39, 0.29) is 11.9 Å². The Kier molecular flexibility index (Phi) is 3.19. The summed E-state index contributed by atoms with van der Waals surface area (Å²) >= 11 is 0. The zero-order valence-electron chi connectivity index (χ0n) is 8.93. The minimum atomic E-state index is -0.0710. The number of hydrogen-bond acceptors (Lipinski definition) is 2. The summed E-state index contributed by atoms with van der Waals surface area (Å²) in [5, 5.41) is 2.92. The van der Waals surface area contributed by atoms with E-state index in [1.54, 1.807) is 17.0 Å². The second-order valence-corrected chi connectivity index (χ2v) is 3.93. The quantitative estimate of drug-likeness (QED) is 0.757. The van der Waals surface area contributed by atoms with Gasteiger partial charge in [0, 0.05) is 24.7 Å². The SMILES string of the molecule is O=CN1CCC(NC(=O)c2ccccc2)C1. The summed E-state index contributed by atoms with van der Waals surface area (Å²) in [4.78, 5) is 24.0. The van der Waals surface area contributed by atoms with Gasteiger partial charge in [0.25, 0.3) is 5.91 Å². The molecule has 1 aliphatic heterocycles. The highest BCUT2D eigenvalue weighted by Gasteiger charge is 2.22. The largest absolute Gasteiger partial charge is 0.347 e. The topological polar surface area (TPSA) is 49.4 Å². The van der Waals surface area contributed by atoms with Gasteiger partial charge in [0.2, 0.25) is 6.41 Å². The van der Waals surface area contributed by atoms with Gasteiger partial charge in [0.15, 0.2) is 0 Å². The third-order valence-corrected chi connectivity index (χ3v) is 2.74. The zero-order chi connectivity index (χ0) is 11.4. The Balaban J connectivity index is 1.91. The first-order chi connectivity index (χ1) is 7.79. The molecule has 1 aromatic carbocycles. The van der Waals surface area contributed by atoms with Gasteiger partial charge < -0.3 is 10.2 Å². The van der Waals surface area contributed by atoms with Crippen LogP contribution < -0.4 is 5.32 Å². The molecule has 2 rings (SSSR count). The second-order valence-electron chi connectivity index (χ2n) is 3.93. The smallest absolute Gasteiger partial charge is 0.251 e. The highest BCUT2D eigenvalue weighted by atomic mass is 16.2.